The molecule has 0 aliphatic carbocycles. The molecule has 3 aromatic carbocycles. The molecule has 0 saturated heterocycles. The van der Waals surface area contributed by atoms with Gasteiger partial charge in [-0.25, -0.2) is 14.4 Å². The number of nitrogens with one attached hydrogen (secondary N) is 3. The predicted octanol–water partition coefficient (Wildman–Crippen LogP) is 6.17. The normalized spacial score (nSPS) is 11.9. The molecule has 166 valence electrons. The number of anilines is 1. The van der Waals surface area contributed by atoms with E-state index in [9.17, 15) is 22.4 Å². The monoisotopic (exact) mass is 473 g/mol. The standard InChI is InChI=1S/C22H12ClF4N5O/c23-12-2-1-3-13(24)18(12)19-29-15-7-5-11(9-17(15)31-19)28-21(33)20-30-14-6-4-10(22(25,26)27)8-16(14)32-20/h1-9H,(H,28,33)(H,29,31)(H,30,32). The first-order valence-electron chi connectivity index (χ1n) is 9.51. The summed E-state index contributed by atoms with van der Waals surface area (Å²) in [5, 5.41) is 2.81. The number of nitrogens with zero attached hydrogens (tertiary/aromatic N) is 2. The smallest absolute Gasteiger partial charge is 0.338 e. The van der Waals surface area contributed by atoms with Gasteiger partial charge in [-0.3, -0.25) is 4.79 Å². The molecule has 2 aromatic heterocycles. The number of hydrogen-bond donors (Lipinski definition) is 3. The molecular weight excluding hydrogens is 462 g/mol. The lowest BCUT2D eigenvalue weighted by Gasteiger charge is -2.04. The Hall–Kier alpha value is -3.92. The van der Waals surface area contributed by atoms with Crippen LogP contribution in [0.4, 0.5) is 23.2 Å². The summed E-state index contributed by atoms with van der Waals surface area (Å²) in [5.74, 6) is -1.10. The van der Waals surface area contributed by atoms with Crippen molar-refractivity contribution >= 4 is 45.3 Å². The maximum absolute atomic E-state index is 14.2. The maximum atomic E-state index is 14.2. The number of alkyl halides is 3. The van der Waals surface area contributed by atoms with E-state index < -0.39 is 23.5 Å². The Balaban J connectivity index is 1.42. The van der Waals surface area contributed by atoms with Crippen molar-refractivity contribution in [2.75, 3.05) is 5.32 Å². The summed E-state index contributed by atoms with van der Waals surface area (Å²) in [7, 11) is 0. The number of amides is 1. The van der Waals surface area contributed by atoms with Gasteiger partial charge in [-0.05, 0) is 48.5 Å². The van der Waals surface area contributed by atoms with Crippen LogP contribution in [-0.2, 0) is 6.18 Å². The lowest BCUT2D eigenvalue weighted by atomic mass is 10.2. The third-order valence-electron chi connectivity index (χ3n) is 4.97. The van der Waals surface area contributed by atoms with Gasteiger partial charge in [-0.15, -0.1) is 0 Å². The third kappa shape index (κ3) is 3.89. The van der Waals surface area contributed by atoms with Gasteiger partial charge in [0.1, 0.15) is 11.6 Å². The van der Waals surface area contributed by atoms with Crippen molar-refractivity contribution in [1.29, 1.82) is 0 Å². The van der Waals surface area contributed by atoms with E-state index in [1.54, 1.807) is 24.3 Å². The molecule has 3 N–H and O–H groups in total. The number of rotatable bonds is 3. The molecule has 0 spiro atoms. The second-order valence-electron chi connectivity index (χ2n) is 7.18. The number of hydrogen-bond acceptors (Lipinski definition) is 3. The molecule has 11 heteroatoms. The van der Waals surface area contributed by atoms with Crippen LogP contribution in [0.1, 0.15) is 16.2 Å². The van der Waals surface area contributed by atoms with Crippen molar-refractivity contribution < 1.29 is 22.4 Å². The molecule has 0 bridgehead atoms. The van der Waals surface area contributed by atoms with Crippen LogP contribution < -0.4 is 5.32 Å². The third-order valence-corrected chi connectivity index (χ3v) is 5.28. The number of fused-ring (bicyclic) bond motifs is 2. The Morgan fingerprint density at radius 3 is 2.42 bits per heavy atom. The summed E-state index contributed by atoms with van der Waals surface area (Å²) in [6.07, 6.45) is -4.51. The molecule has 0 unspecified atom stereocenters. The number of H-pyrrole nitrogens is 2. The fourth-order valence-electron chi connectivity index (χ4n) is 3.41. The molecule has 0 atom stereocenters. The zero-order valence-electron chi connectivity index (χ0n) is 16.4. The van der Waals surface area contributed by atoms with Gasteiger partial charge in [0.25, 0.3) is 5.91 Å². The number of aromatic nitrogens is 4. The van der Waals surface area contributed by atoms with Crippen LogP contribution in [0, 0.1) is 5.82 Å². The average Bonchev–Trinajstić information content (AvgIpc) is 3.36. The van der Waals surface area contributed by atoms with Gasteiger partial charge in [0, 0.05) is 5.69 Å². The molecule has 0 aliphatic heterocycles. The highest BCUT2D eigenvalue weighted by atomic mass is 35.5. The number of benzene rings is 3. The van der Waals surface area contributed by atoms with Crippen LogP contribution in [0.3, 0.4) is 0 Å². The molecule has 0 fully saturated rings. The van der Waals surface area contributed by atoms with Gasteiger partial charge in [0.2, 0.25) is 0 Å². The Labute approximate surface area is 187 Å². The van der Waals surface area contributed by atoms with Crippen molar-refractivity contribution in [2.24, 2.45) is 0 Å². The van der Waals surface area contributed by atoms with Gasteiger partial charge in [-0.1, -0.05) is 17.7 Å². The SMILES string of the molecule is O=C(Nc1ccc2[nH]c(-c3c(F)cccc3Cl)nc2c1)c1nc2cc(C(F)(F)F)ccc2[nH]1. The van der Waals surface area contributed by atoms with E-state index in [4.69, 9.17) is 11.6 Å². The van der Waals surface area contributed by atoms with E-state index in [1.165, 1.54) is 18.2 Å². The number of carbonyl (C=O) groups is 1. The van der Waals surface area contributed by atoms with Gasteiger partial charge in [0.05, 0.1) is 38.2 Å². The lowest BCUT2D eigenvalue weighted by molar-refractivity contribution is -0.137. The highest BCUT2D eigenvalue weighted by Gasteiger charge is 2.31. The van der Waals surface area contributed by atoms with E-state index in [1.807, 2.05) is 0 Å². The van der Waals surface area contributed by atoms with E-state index in [-0.39, 0.29) is 27.8 Å². The Morgan fingerprint density at radius 1 is 0.939 bits per heavy atom. The van der Waals surface area contributed by atoms with Crippen LogP contribution in [0.15, 0.2) is 54.6 Å². The summed E-state index contributed by atoms with van der Waals surface area (Å²) in [6.45, 7) is 0. The minimum Gasteiger partial charge on any atom is -0.338 e. The zero-order valence-corrected chi connectivity index (χ0v) is 17.1. The van der Waals surface area contributed by atoms with Crippen molar-refractivity contribution in [2.45, 2.75) is 6.18 Å². The molecule has 0 saturated carbocycles. The van der Waals surface area contributed by atoms with Crippen LogP contribution in [0.5, 0.6) is 0 Å². The molecular formula is C22H12ClF4N5O. The Morgan fingerprint density at radius 2 is 1.67 bits per heavy atom. The summed E-state index contributed by atoms with van der Waals surface area (Å²) < 4.78 is 52.9. The molecule has 5 rings (SSSR count). The zero-order chi connectivity index (χ0) is 23.3. The topological polar surface area (TPSA) is 86.5 Å². The number of imidazole rings is 2. The molecule has 0 aliphatic rings. The first-order chi connectivity index (χ1) is 15.7. The van der Waals surface area contributed by atoms with Crippen molar-refractivity contribution in [3.63, 3.8) is 0 Å². The van der Waals surface area contributed by atoms with Gasteiger partial charge in [-0.2, -0.15) is 13.2 Å². The summed E-state index contributed by atoms with van der Waals surface area (Å²) in [6, 6.07) is 12.1. The number of halogens is 5. The Bertz CT molecular complexity index is 1520. The molecule has 1 amide bonds. The summed E-state index contributed by atoms with van der Waals surface area (Å²) in [4.78, 5) is 26.6. The largest absolute Gasteiger partial charge is 0.416 e. The van der Waals surface area contributed by atoms with Crippen molar-refractivity contribution in [3.8, 4) is 11.4 Å². The molecule has 33 heavy (non-hydrogen) atoms. The first kappa shape index (κ1) is 21.0. The number of aromatic amines is 2. The minimum absolute atomic E-state index is 0.0177. The molecule has 0 radical (unpaired) electrons. The fourth-order valence-corrected chi connectivity index (χ4v) is 3.66. The Kier molecular flexibility index (Phi) is 4.82. The maximum Gasteiger partial charge on any atom is 0.416 e. The lowest BCUT2D eigenvalue weighted by Crippen LogP contribution is -2.13. The summed E-state index contributed by atoms with van der Waals surface area (Å²) >= 11 is 6.10. The predicted molar refractivity (Wildman–Crippen MR) is 116 cm³/mol. The highest BCUT2D eigenvalue weighted by molar-refractivity contribution is 6.33. The van der Waals surface area contributed by atoms with Crippen molar-refractivity contribution in [1.82, 2.24) is 19.9 Å². The molecule has 5 aromatic rings. The van der Waals surface area contributed by atoms with E-state index in [0.717, 1.165) is 12.1 Å². The fraction of sp³-hybridized carbons (Fsp3) is 0.0455. The van der Waals surface area contributed by atoms with E-state index in [0.29, 0.717) is 22.2 Å². The van der Waals surface area contributed by atoms with E-state index >= 15 is 0 Å². The molecule has 2 heterocycles. The highest BCUT2D eigenvalue weighted by Crippen LogP contribution is 2.32. The first-order valence-corrected chi connectivity index (χ1v) is 9.89. The van der Waals surface area contributed by atoms with Crippen molar-refractivity contribution in [3.05, 3.63) is 76.8 Å². The second-order valence-corrected chi connectivity index (χ2v) is 7.59. The summed E-state index contributed by atoms with van der Waals surface area (Å²) in [5.41, 5.74) is 0.977. The quantitative estimate of drug-likeness (QED) is 0.274. The number of carbonyl (C=O) groups excluding carboxylic acids is 1. The van der Waals surface area contributed by atoms with Crippen LogP contribution >= 0.6 is 11.6 Å². The minimum atomic E-state index is -4.51. The average molecular weight is 474 g/mol. The molecule has 6 nitrogen and oxygen atoms in total. The van der Waals surface area contributed by atoms with Crippen LogP contribution in [0.2, 0.25) is 5.02 Å². The van der Waals surface area contributed by atoms with Gasteiger partial charge >= 0.3 is 6.18 Å². The second kappa shape index (κ2) is 7.59. The van der Waals surface area contributed by atoms with Crippen LogP contribution in [-0.4, -0.2) is 25.8 Å². The van der Waals surface area contributed by atoms with Crippen LogP contribution in [0.25, 0.3) is 33.5 Å². The van der Waals surface area contributed by atoms with Gasteiger partial charge in [0.15, 0.2) is 5.82 Å². The van der Waals surface area contributed by atoms with E-state index in [2.05, 4.69) is 25.3 Å². The van der Waals surface area contributed by atoms with Gasteiger partial charge < -0.3 is 15.3 Å².